The Morgan fingerprint density at radius 2 is 1.81 bits per heavy atom. The van der Waals surface area contributed by atoms with Crippen LogP contribution in [0.3, 0.4) is 0 Å². The van der Waals surface area contributed by atoms with E-state index in [1.807, 2.05) is 6.08 Å². The monoisotopic (exact) mass is 275 g/mol. The van der Waals surface area contributed by atoms with Crippen molar-refractivity contribution in [3.05, 3.63) is 90.2 Å². The molecule has 2 aliphatic rings. The zero-order valence-electron chi connectivity index (χ0n) is 12.7. The highest BCUT2D eigenvalue weighted by atomic mass is 15.2. The van der Waals surface area contributed by atoms with Crippen molar-refractivity contribution >= 4 is 5.69 Å². The zero-order chi connectivity index (χ0) is 14.8. The van der Waals surface area contributed by atoms with Crippen LogP contribution in [0.5, 0.6) is 0 Å². The van der Waals surface area contributed by atoms with Gasteiger partial charge in [0.05, 0.1) is 6.04 Å². The Labute approximate surface area is 127 Å². The molecule has 21 heavy (non-hydrogen) atoms. The van der Waals surface area contributed by atoms with E-state index in [1.54, 1.807) is 0 Å². The van der Waals surface area contributed by atoms with Crippen LogP contribution < -0.4 is 4.90 Å². The normalized spacial score (nSPS) is 24.0. The van der Waals surface area contributed by atoms with E-state index in [0.717, 1.165) is 0 Å². The molecule has 1 heterocycles. The number of hydrogen-bond donors (Lipinski definition) is 0. The molecule has 0 saturated heterocycles. The van der Waals surface area contributed by atoms with Crippen molar-refractivity contribution in [2.75, 3.05) is 4.90 Å². The molecule has 1 aromatic carbocycles. The topological polar surface area (TPSA) is 3.24 Å². The lowest BCUT2D eigenvalue weighted by Crippen LogP contribution is -2.32. The van der Waals surface area contributed by atoms with E-state index in [4.69, 9.17) is 0 Å². The molecule has 0 bridgehead atoms. The van der Waals surface area contributed by atoms with Gasteiger partial charge in [-0.2, -0.15) is 0 Å². The Morgan fingerprint density at radius 3 is 2.48 bits per heavy atom. The number of anilines is 1. The molecule has 0 spiro atoms. The lowest BCUT2D eigenvalue weighted by Gasteiger charge is -2.30. The molecular weight excluding hydrogens is 254 g/mol. The van der Waals surface area contributed by atoms with Crippen LogP contribution in [0, 0.1) is 12.8 Å². The summed E-state index contributed by atoms with van der Waals surface area (Å²) in [5.41, 5.74) is 5.07. The third kappa shape index (κ3) is 2.29. The van der Waals surface area contributed by atoms with Crippen molar-refractivity contribution < 1.29 is 0 Å². The second kappa shape index (κ2) is 5.61. The fourth-order valence-electron chi connectivity index (χ4n) is 3.21. The van der Waals surface area contributed by atoms with Gasteiger partial charge in [-0.05, 0) is 37.6 Å². The van der Waals surface area contributed by atoms with E-state index >= 15 is 0 Å². The summed E-state index contributed by atoms with van der Waals surface area (Å²) in [6.45, 7) is 8.23. The Morgan fingerprint density at radius 1 is 1.10 bits per heavy atom. The molecule has 0 saturated carbocycles. The largest absolute Gasteiger partial charge is 0.333 e. The molecule has 2 atom stereocenters. The number of aryl methyl sites for hydroxylation is 1. The molecular formula is C20H21N. The molecule has 1 aliphatic carbocycles. The van der Waals surface area contributed by atoms with E-state index in [-0.39, 0.29) is 0 Å². The fourth-order valence-corrected chi connectivity index (χ4v) is 3.21. The van der Waals surface area contributed by atoms with Crippen LogP contribution >= 0.6 is 0 Å². The second-order valence-electron chi connectivity index (χ2n) is 5.54. The van der Waals surface area contributed by atoms with Crippen LogP contribution in [0.15, 0.2) is 84.6 Å². The number of benzene rings is 1. The van der Waals surface area contributed by atoms with Gasteiger partial charge >= 0.3 is 0 Å². The summed E-state index contributed by atoms with van der Waals surface area (Å²) >= 11 is 0. The number of hydrogen-bond acceptors (Lipinski definition) is 1. The van der Waals surface area contributed by atoms with Gasteiger partial charge in [-0.1, -0.05) is 60.7 Å². The van der Waals surface area contributed by atoms with Crippen molar-refractivity contribution in [1.82, 2.24) is 0 Å². The molecule has 0 aromatic heterocycles. The number of allylic oxidation sites excluding steroid dienone is 5. The average Bonchev–Trinajstić information content (AvgIpc) is 2.83. The maximum Gasteiger partial charge on any atom is 0.0629 e. The minimum Gasteiger partial charge on any atom is -0.333 e. The standard InChI is InChI=1S/C20H21N/c1-4-8-17-18-9-6-7-10-20(18)21(19(17)5-2)16-13-11-15(3)12-14-16/h4-14,18,20H,2H2,1,3H3/b8-4-/t18-,20?/m1/s1. The average molecular weight is 275 g/mol. The first-order valence-electron chi connectivity index (χ1n) is 7.46. The van der Waals surface area contributed by atoms with Crippen LogP contribution in [-0.2, 0) is 0 Å². The molecule has 1 nitrogen and oxygen atoms in total. The first kappa shape index (κ1) is 13.7. The quantitative estimate of drug-likeness (QED) is 0.755. The minimum absolute atomic E-state index is 0.344. The minimum atomic E-state index is 0.344. The first-order valence-corrected chi connectivity index (χ1v) is 7.46. The van der Waals surface area contributed by atoms with Crippen LogP contribution in [0.4, 0.5) is 5.69 Å². The molecule has 0 amide bonds. The maximum atomic E-state index is 4.04. The molecule has 0 fully saturated rings. The van der Waals surface area contributed by atoms with Crippen molar-refractivity contribution in [3.8, 4) is 0 Å². The molecule has 1 unspecified atom stereocenters. The summed E-state index contributed by atoms with van der Waals surface area (Å²) in [5, 5.41) is 0. The summed E-state index contributed by atoms with van der Waals surface area (Å²) in [7, 11) is 0. The fraction of sp³-hybridized carbons (Fsp3) is 0.200. The molecule has 1 aliphatic heterocycles. The smallest absolute Gasteiger partial charge is 0.0629 e. The first-order chi connectivity index (χ1) is 10.3. The predicted molar refractivity (Wildman–Crippen MR) is 91.3 cm³/mol. The highest BCUT2D eigenvalue weighted by Gasteiger charge is 2.36. The maximum absolute atomic E-state index is 4.04. The second-order valence-corrected chi connectivity index (χ2v) is 5.54. The third-order valence-electron chi connectivity index (χ3n) is 4.17. The van der Waals surface area contributed by atoms with Crippen molar-refractivity contribution in [1.29, 1.82) is 0 Å². The summed E-state index contributed by atoms with van der Waals surface area (Å²) < 4.78 is 0. The highest BCUT2D eigenvalue weighted by Crippen LogP contribution is 2.41. The van der Waals surface area contributed by atoms with Gasteiger partial charge in [-0.15, -0.1) is 0 Å². The van der Waals surface area contributed by atoms with Crippen molar-refractivity contribution in [2.45, 2.75) is 19.9 Å². The van der Waals surface area contributed by atoms with Gasteiger partial charge in [-0.25, -0.2) is 0 Å². The SMILES string of the molecule is C=CC1=C(/C=C\C)[C@H]2C=CC=CC2N1c1ccc(C)cc1. The van der Waals surface area contributed by atoms with Gasteiger partial charge in [0.1, 0.15) is 0 Å². The van der Waals surface area contributed by atoms with E-state index in [9.17, 15) is 0 Å². The number of fused-ring (bicyclic) bond motifs is 1. The van der Waals surface area contributed by atoms with E-state index in [0.29, 0.717) is 12.0 Å². The van der Waals surface area contributed by atoms with Crippen LogP contribution in [0.1, 0.15) is 12.5 Å². The summed E-state index contributed by atoms with van der Waals surface area (Å²) in [5.74, 6) is 0.403. The van der Waals surface area contributed by atoms with E-state index < -0.39 is 0 Å². The van der Waals surface area contributed by atoms with Crippen LogP contribution in [0.2, 0.25) is 0 Å². The van der Waals surface area contributed by atoms with Crippen molar-refractivity contribution in [3.63, 3.8) is 0 Å². The Kier molecular flexibility index (Phi) is 3.66. The third-order valence-corrected chi connectivity index (χ3v) is 4.17. The lowest BCUT2D eigenvalue weighted by molar-refractivity contribution is 0.685. The Hall–Kier alpha value is -2.28. The Balaban J connectivity index is 2.12. The van der Waals surface area contributed by atoms with Gasteiger partial charge < -0.3 is 4.90 Å². The lowest BCUT2D eigenvalue weighted by atomic mass is 9.90. The van der Waals surface area contributed by atoms with Gasteiger partial charge in [0.15, 0.2) is 0 Å². The molecule has 1 heteroatoms. The summed E-state index contributed by atoms with van der Waals surface area (Å²) in [4.78, 5) is 2.40. The van der Waals surface area contributed by atoms with E-state index in [1.165, 1.54) is 22.5 Å². The van der Waals surface area contributed by atoms with Gasteiger partial charge in [0, 0.05) is 17.3 Å². The highest BCUT2D eigenvalue weighted by molar-refractivity contribution is 5.65. The molecule has 0 N–H and O–H groups in total. The molecule has 106 valence electrons. The molecule has 3 rings (SSSR count). The van der Waals surface area contributed by atoms with Crippen LogP contribution in [0.25, 0.3) is 0 Å². The van der Waals surface area contributed by atoms with Crippen molar-refractivity contribution in [2.24, 2.45) is 5.92 Å². The Bertz CT molecular complexity index is 656. The van der Waals surface area contributed by atoms with Gasteiger partial charge in [0.25, 0.3) is 0 Å². The predicted octanol–water partition coefficient (Wildman–Crippen LogP) is 4.94. The number of nitrogens with zero attached hydrogens (tertiary/aromatic N) is 1. The van der Waals surface area contributed by atoms with Gasteiger partial charge in [0.2, 0.25) is 0 Å². The molecule has 1 aromatic rings. The summed E-state index contributed by atoms with van der Waals surface area (Å²) in [6, 6.07) is 9.07. The molecule has 0 radical (unpaired) electrons. The van der Waals surface area contributed by atoms with E-state index in [2.05, 4.69) is 86.0 Å². The summed E-state index contributed by atoms with van der Waals surface area (Å²) in [6.07, 6.45) is 15.2. The van der Waals surface area contributed by atoms with Crippen LogP contribution in [-0.4, -0.2) is 6.04 Å². The number of rotatable bonds is 3. The van der Waals surface area contributed by atoms with Gasteiger partial charge in [-0.3, -0.25) is 0 Å². The zero-order valence-corrected chi connectivity index (χ0v) is 12.7.